The molecule has 136 valence electrons. The topological polar surface area (TPSA) is 58.2 Å². The van der Waals surface area contributed by atoms with Crippen molar-refractivity contribution in [3.05, 3.63) is 45.8 Å². The number of fused-ring (bicyclic) bond motifs is 2. The predicted molar refractivity (Wildman–Crippen MR) is 106 cm³/mol. The van der Waals surface area contributed by atoms with Crippen LogP contribution in [0.15, 0.2) is 24.3 Å². The van der Waals surface area contributed by atoms with Gasteiger partial charge in [0.2, 0.25) is 11.8 Å². The van der Waals surface area contributed by atoms with Crippen LogP contribution in [0.1, 0.15) is 47.3 Å². The largest absolute Gasteiger partial charge is 0.326 e. The van der Waals surface area contributed by atoms with Gasteiger partial charge in [-0.05, 0) is 68.2 Å². The smallest absolute Gasteiger partial charge is 0.227 e. The summed E-state index contributed by atoms with van der Waals surface area (Å²) >= 11 is 1.73. The number of amides is 2. The molecule has 2 N–H and O–H groups in total. The maximum Gasteiger partial charge on any atom is 0.227 e. The molecule has 1 aliphatic carbocycles. The van der Waals surface area contributed by atoms with Crippen molar-refractivity contribution in [2.24, 2.45) is 5.92 Å². The van der Waals surface area contributed by atoms with Crippen LogP contribution in [0, 0.1) is 12.8 Å². The quantitative estimate of drug-likeness (QED) is 0.837. The SMILES string of the molecule is Cc1c(NC(=O)CCC2Cc3ccccc3NC2=O)sc2c1CCCC2. The Morgan fingerprint density at radius 2 is 2.08 bits per heavy atom. The highest BCUT2D eigenvalue weighted by molar-refractivity contribution is 7.16. The van der Waals surface area contributed by atoms with E-state index in [1.807, 2.05) is 24.3 Å². The monoisotopic (exact) mass is 368 g/mol. The van der Waals surface area contributed by atoms with E-state index in [-0.39, 0.29) is 17.7 Å². The molecule has 2 aromatic rings. The molecule has 1 aliphatic heterocycles. The first-order chi connectivity index (χ1) is 12.6. The molecule has 0 fully saturated rings. The lowest BCUT2D eigenvalue weighted by Gasteiger charge is -2.24. The summed E-state index contributed by atoms with van der Waals surface area (Å²) < 4.78 is 0. The zero-order chi connectivity index (χ0) is 18.1. The number of hydrogen-bond donors (Lipinski definition) is 2. The molecule has 26 heavy (non-hydrogen) atoms. The highest BCUT2D eigenvalue weighted by atomic mass is 32.1. The third kappa shape index (κ3) is 3.40. The fourth-order valence-corrected chi connectivity index (χ4v) is 5.30. The van der Waals surface area contributed by atoms with E-state index in [0.717, 1.165) is 29.1 Å². The second kappa shape index (κ2) is 7.23. The van der Waals surface area contributed by atoms with Gasteiger partial charge in [-0.1, -0.05) is 18.2 Å². The number of anilines is 2. The van der Waals surface area contributed by atoms with Gasteiger partial charge in [0.1, 0.15) is 0 Å². The van der Waals surface area contributed by atoms with Crippen LogP contribution in [-0.4, -0.2) is 11.8 Å². The van der Waals surface area contributed by atoms with E-state index in [9.17, 15) is 9.59 Å². The first-order valence-corrected chi connectivity index (χ1v) is 10.2. The van der Waals surface area contributed by atoms with Crippen molar-refractivity contribution in [3.8, 4) is 0 Å². The van der Waals surface area contributed by atoms with Crippen LogP contribution >= 0.6 is 11.3 Å². The van der Waals surface area contributed by atoms with Crippen molar-refractivity contribution in [2.75, 3.05) is 10.6 Å². The lowest BCUT2D eigenvalue weighted by Crippen LogP contribution is -2.30. The number of rotatable bonds is 4. The Morgan fingerprint density at radius 3 is 2.92 bits per heavy atom. The second-order valence-electron chi connectivity index (χ2n) is 7.30. The van der Waals surface area contributed by atoms with Gasteiger partial charge in [-0.25, -0.2) is 0 Å². The number of carbonyl (C=O) groups is 2. The fourth-order valence-electron chi connectivity index (χ4n) is 3.98. The molecule has 2 heterocycles. The molecule has 5 heteroatoms. The normalized spacial score (nSPS) is 18.7. The van der Waals surface area contributed by atoms with Gasteiger partial charge in [0.05, 0.1) is 5.00 Å². The summed E-state index contributed by atoms with van der Waals surface area (Å²) in [5.74, 6) is -0.0917. The summed E-state index contributed by atoms with van der Waals surface area (Å²) in [6.45, 7) is 2.11. The zero-order valence-corrected chi connectivity index (χ0v) is 15.9. The number of nitrogens with one attached hydrogen (secondary N) is 2. The van der Waals surface area contributed by atoms with Gasteiger partial charge >= 0.3 is 0 Å². The van der Waals surface area contributed by atoms with E-state index >= 15 is 0 Å². The van der Waals surface area contributed by atoms with Crippen LogP contribution in [0.25, 0.3) is 0 Å². The van der Waals surface area contributed by atoms with Crippen LogP contribution < -0.4 is 10.6 Å². The Kier molecular flexibility index (Phi) is 4.81. The Hall–Kier alpha value is -2.14. The number of aryl methyl sites for hydroxylation is 1. The molecule has 1 unspecified atom stereocenters. The molecule has 4 rings (SSSR count). The second-order valence-corrected chi connectivity index (χ2v) is 8.40. The third-order valence-electron chi connectivity index (χ3n) is 5.52. The summed E-state index contributed by atoms with van der Waals surface area (Å²) in [6, 6.07) is 7.89. The third-order valence-corrected chi connectivity index (χ3v) is 6.83. The molecule has 1 aromatic carbocycles. The summed E-state index contributed by atoms with van der Waals surface area (Å²) in [5, 5.41) is 7.05. The summed E-state index contributed by atoms with van der Waals surface area (Å²) in [4.78, 5) is 26.1. The molecule has 2 aliphatic rings. The van der Waals surface area contributed by atoms with Gasteiger partial charge in [-0.15, -0.1) is 11.3 Å². The van der Waals surface area contributed by atoms with E-state index in [2.05, 4.69) is 17.6 Å². The van der Waals surface area contributed by atoms with E-state index in [4.69, 9.17) is 0 Å². The lowest BCUT2D eigenvalue weighted by atomic mass is 9.89. The van der Waals surface area contributed by atoms with Gasteiger partial charge in [-0.3, -0.25) is 9.59 Å². The molecule has 1 atom stereocenters. The minimum absolute atomic E-state index is 0.0124. The molecule has 2 amide bonds. The molecule has 1 aromatic heterocycles. The van der Waals surface area contributed by atoms with Gasteiger partial charge < -0.3 is 10.6 Å². The number of benzene rings is 1. The van der Waals surface area contributed by atoms with Crippen LogP contribution in [0.3, 0.4) is 0 Å². The van der Waals surface area contributed by atoms with Crippen molar-refractivity contribution >= 4 is 33.8 Å². The van der Waals surface area contributed by atoms with Gasteiger partial charge in [0.15, 0.2) is 0 Å². The Labute approximate surface area is 158 Å². The first kappa shape index (κ1) is 17.3. The number of carbonyl (C=O) groups excluding carboxylic acids is 2. The van der Waals surface area contributed by atoms with Gasteiger partial charge in [-0.2, -0.15) is 0 Å². The van der Waals surface area contributed by atoms with Crippen LogP contribution in [-0.2, 0) is 28.9 Å². The molecule has 0 saturated carbocycles. The minimum atomic E-state index is -0.131. The molecule has 0 spiro atoms. The Balaban J connectivity index is 1.36. The van der Waals surface area contributed by atoms with E-state index < -0.39 is 0 Å². The summed E-state index contributed by atoms with van der Waals surface area (Å²) in [6.07, 6.45) is 6.43. The maximum atomic E-state index is 12.4. The Morgan fingerprint density at radius 1 is 1.27 bits per heavy atom. The lowest BCUT2D eigenvalue weighted by molar-refractivity contribution is -0.121. The predicted octanol–water partition coefficient (Wildman–Crippen LogP) is 4.47. The summed E-state index contributed by atoms with van der Waals surface area (Å²) in [7, 11) is 0. The van der Waals surface area contributed by atoms with E-state index in [0.29, 0.717) is 19.3 Å². The standard InChI is InChI=1S/C21H24N2O2S/c1-13-16-7-3-5-9-18(16)26-21(13)23-19(24)11-10-15-12-14-6-2-4-8-17(14)22-20(15)25/h2,4,6,8,15H,3,5,7,9-12H2,1H3,(H,22,25)(H,23,24). The highest BCUT2D eigenvalue weighted by Crippen LogP contribution is 2.37. The number of para-hydroxylation sites is 1. The molecular weight excluding hydrogens is 344 g/mol. The zero-order valence-electron chi connectivity index (χ0n) is 15.1. The van der Waals surface area contributed by atoms with Crippen LogP contribution in [0.5, 0.6) is 0 Å². The molecule has 0 radical (unpaired) electrons. The summed E-state index contributed by atoms with van der Waals surface area (Å²) in [5.41, 5.74) is 4.74. The minimum Gasteiger partial charge on any atom is -0.326 e. The Bertz CT molecular complexity index is 856. The van der Waals surface area contributed by atoms with Crippen molar-refractivity contribution in [3.63, 3.8) is 0 Å². The maximum absolute atomic E-state index is 12.4. The van der Waals surface area contributed by atoms with Crippen LogP contribution in [0.4, 0.5) is 10.7 Å². The number of thiophene rings is 1. The van der Waals surface area contributed by atoms with E-state index in [1.165, 1.54) is 28.8 Å². The fraction of sp³-hybridized carbons (Fsp3) is 0.429. The number of hydrogen-bond acceptors (Lipinski definition) is 3. The molecule has 0 bridgehead atoms. The molecular formula is C21H24N2O2S. The van der Waals surface area contributed by atoms with Gasteiger partial charge in [0.25, 0.3) is 0 Å². The molecule has 4 nitrogen and oxygen atoms in total. The van der Waals surface area contributed by atoms with E-state index in [1.54, 1.807) is 11.3 Å². The van der Waals surface area contributed by atoms with Crippen molar-refractivity contribution in [1.29, 1.82) is 0 Å². The van der Waals surface area contributed by atoms with Crippen molar-refractivity contribution in [2.45, 2.75) is 51.9 Å². The molecule has 0 saturated heterocycles. The van der Waals surface area contributed by atoms with Crippen LogP contribution in [0.2, 0.25) is 0 Å². The first-order valence-electron chi connectivity index (χ1n) is 9.41. The average Bonchev–Trinajstić information content (AvgIpc) is 2.96. The van der Waals surface area contributed by atoms with Crippen molar-refractivity contribution < 1.29 is 9.59 Å². The van der Waals surface area contributed by atoms with Gasteiger partial charge in [0, 0.05) is 22.9 Å². The highest BCUT2D eigenvalue weighted by Gasteiger charge is 2.26. The average molecular weight is 369 g/mol. The van der Waals surface area contributed by atoms with Crippen molar-refractivity contribution in [1.82, 2.24) is 0 Å².